The molecule has 1 aromatic carbocycles. The minimum Gasteiger partial charge on any atom is -0.371 e. The molecule has 0 aromatic heterocycles. The van der Waals surface area contributed by atoms with E-state index in [-0.39, 0.29) is 30.2 Å². The maximum absolute atomic E-state index is 13.1. The van der Waals surface area contributed by atoms with E-state index in [2.05, 4.69) is 45.9 Å². The van der Waals surface area contributed by atoms with Gasteiger partial charge >= 0.3 is 0 Å². The van der Waals surface area contributed by atoms with Gasteiger partial charge in [0.15, 0.2) is 0 Å². The van der Waals surface area contributed by atoms with Gasteiger partial charge in [0.2, 0.25) is 5.91 Å². The largest absolute Gasteiger partial charge is 0.371 e. The summed E-state index contributed by atoms with van der Waals surface area (Å²) in [5.74, 6) is 0.881. The molecule has 146 valence electrons. The van der Waals surface area contributed by atoms with Crippen molar-refractivity contribution in [1.29, 1.82) is 0 Å². The van der Waals surface area contributed by atoms with Gasteiger partial charge in [0.05, 0.1) is 5.41 Å². The molecule has 0 unspecified atom stereocenters. The molecule has 1 aromatic rings. The van der Waals surface area contributed by atoms with Crippen LogP contribution in [-0.4, -0.2) is 38.1 Å². The smallest absolute Gasteiger partial charge is 0.228 e. The van der Waals surface area contributed by atoms with Crippen molar-refractivity contribution in [1.82, 2.24) is 10.6 Å². The summed E-state index contributed by atoms with van der Waals surface area (Å²) in [6, 6.07) is 10.9. The molecule has 1 saturated carbocycles. The number of nitrogens with one attached hydrogen (secondary N) is 2. The zero-order valence-corrected chi connectivity index (χ0v) is 16.9. The average molecular weight is 400 g/mol. The Labute approximate surface area is 169 Å². The number of carbonyl (C=O) groups is 1. The van der Waals surface area contributed by atoms with Crippen LogP contribution in [0, 0.1) is 11.3 Å². The lowest BCUT2D eigenvalue weighted by atomic mass is 9.67. The maximum atomic E-state index is 13.1. The summed E-state index contributed by atoms with van der Waals surface area (Å²) in [6.45, 7) is 3.97. The number of para-hydroxylation sites is 1. The number of fused-ring (bicyclic) bond motifs is 1. The van der Waals surface area contributed by atoms with Crippen LogP contribution in [0.2, 0.25) is 0 Å². The number of hydrogen-bond donors (Lipinski definition) is 2. The molecule has 2 saturated heterocycles. The SMILES string of the molecule is Cl.Cl.O=C(NC1CCN(c2ccccc2)CC1)[C@@]12CCCC[C@H]1CNC2. The van der Waals surface area contributed by atoms with Crippen LogP contribution in [0.1, 0.15) is 38.5 Å². The molecular formula is C20H31Cl2N3O. The molecule has 2 N–H and O–H groups in total. The van der Waals surface area contributed by atoms with Crippen LogP contribution in [0.4, 0.5) is 5.69 Å². The molecule has 0 radical (unpaired) electrons. The Balaban J connectivity index is 0.00000121. The van der Waals surface area contributed by atoms with Crippen molar-refractivity contribution in [2.45, 2.75) is 44.6 Å². The van der Waals surface area contributed by atoms with Crippen LogP contribution in [0.25, 0.3) is 0 Å². The number of halogens is 2. The first-order valence-electron chi connectivity index (χ1n) is 9.60. The zero-order valence-electron chi connectivity index (χ0n) is 15.3. The Morgan fingerprint density at radius 2 is 1.81 bits per heavy atom. The number of anilines is 1. The number of nitrogens with zero attached hydrogens (tertiary/aromatic N) is 1. The fourth-order valence-corrected chi connectivity index (χ4v) is 4.94. The summed E-state index contributed by atoms with van der Waals surface area (Å²) in [7, 11) is 0. The van der Waals surface area contributed by atoms with Crippen molar-refractivity contribution >= 4 is 36.4 Å². The van der Waals surface area contributed by atoms with Crippen molar-refractivity contribution < 1.29 is 4.79 Å². The first kappa shape index (κ1) is 21.3. The number of benzene rings is 1. The molecular weight excluding hydrogens is 369 g/mol. The number of amides is 1. The molecule has 1 aliphatic carbocycles. The highest BCUT2D eigenvalue weighted by atomic mass is 35.5. The first-order chi connectivity index (χ1) is 11.8. The van der Waals surface area contributed by atoms with E-state index >= 15 is 0 Å². The molecule has 26 heavy (non-hydrogen) atoms. The Kier molecular flexibility index (Phi) is 7.63. The predicted molar refractivity (Wildman–Crippen MR) is 112 cm³/mol. The quantitative estimate of drug-likeness (QED) is 0.818. The molecule has 3 fully saturated rings. The summed E-state index contributed by atoms with van der Waals surface area (Å²) in [5.41, 5.74) is 1.18. The lowest BCUT2D eigenvalue weighted by Crippen LogP contribution is -2.53. The summed E-state index contributed by atoms with van der Waals surface area (Å²) in [5, 5.41) is 6.90. The second kappa shape index (κ2) is 9.29. The van der Waals surface area contributed by atoms with E-state index in [1.807, 2.05) is 0 Å². The van der Waals surface area contributed by atoms with Crippen LogP contribution in [0.15, 0.2) is 30.3 Å². The van der Waals surface area contributed by atoms with Crippen LogP contribution < -0.4 is 15.5 Å². The van der Waals surface area contributed by atoms with E-state index in [0.717, 1.165) is 45.4 Å². The van der Waals surface area contributed by atoms with Gasteiger partial charge in [-0.3, -0.25) is 4.79 Å². The van der Waals surface area contributed by atoms with E-state index in [1.165, 1.54) is 24.9 Å². The molecule has 6 heteroatoms. The van der Waals surface area contributed by atoms with Gasteiger partial charge in [-0.1, -0.05) is 31.0 Å². The zero-order chi connectivity index (χ0) is 16.4. The third-order valence-electron chi connectivity index (χ3n) is 6.44. The fourth-order valence-electron chi connectivity index (χ4n) is 4.94. The number of carbonyl (C=O) groups excluding carboxylic acids is 1. The van der Waals surface area contributed by atoms with E-state index in [4.69, 9.17) is 0 Å². The fraction of sp³-hybridized carbons (Fsp3) is 0.650. The van der Waals surface area contributed by atoms with Gasteiger partial charge in [-0.05, 0) is 50.3 Å². The molecule has 4 nitrogen and oxygen atoms in total. The summed E-state index contributed by atoms with van der Waals surface area (Å²) < 4.78 is 0. The molecule has 1 amide bonds. The monoisotopic (exact) mass is 399 g/mol. The topological polar surface area (TPSA) is 44.4 Å². The van der Waals surface area contributed by atoms with Gasteiger partial charge in [0, 0.05) is 31.4 Å². The minimum absolute atomic E-state index is 0. The number of hydrogen-bond acceptors (Lipinski definition) is 3. The Bertz CT molecular complexity index is 578. The van der Waals surface area contributed by atoms with E-state index in [1.54, 1.807) is 0 Å². The summed E-state index contributed by atoms with van der Waals surface area (Å²) >= 11 is 0. The highest BCUT2D eigenvalue weighted by Crippen LogP contribution is 2.44. The van der Waals surface area contributed by atoms with Crippen molar-refractivity contribution in [3.8, 4) is 0 Å². The summed E-state index contributed by atoms with van der Waals surface area (Å²) in [6.07, 6.45) is 6.88. The van der Waals surface area contributed by atoms with Crippen molar-refractivity contribution in [2.75, 3.05) is 31.1 Å². The minimum atomic E-state index is -0.116. The molecule has 0 spiro atoms. The molecule has 2 heterocycles. The Hall–Kier alpha value is -0.970. The average Bonchev–Trinajstić information content (AvgIpc) is 3.08. The van der Waals surface area contributed by atoms with Crippen molar-refractivity contribution in [3.63, 3.8) is 0 Å². The molecule has 2 atom stereocenters. The third-order valence-corrected chi connectivity index (χ3v) is 6.44. The third kappa shape index (κ3) is 4.13. The lowest BCUT2D eigenvalue weighted by Gasteiger charge is -2.40. The Morgan fingerprint density at radius 1 is 1.08 bits per heavy atom. The van der Waals surface area contributed by atoms with Crippen LogP contribution in [0.5, 0.6) is 0 Å². The predicted octanol–water partition coefficient (Wildman–Crippen LogP) is 3.40. The number of piperidine rings is 1. The van der Waals surface area contributed by atoms with Crippen molar-refractivity contribution in [2.24, 2.45) is 11.3 Å². The molecule has 2 aliphatic heterocycles. The standard InChI is InChI=1S/C20H29N3O.2ClH/c24-19(20-11-5-4-6-16(20)14-21-15-20)22-17-9-12-23(13-10-17)18-7-2-1-3-8-18;;/h1-3,7-8,16-17,21H,4-6,9-15H2,(H,22,24);2*1H/t16-,20+;;/m0../s1. The molecule has 0 bridgehead atoms. The van der Waals surface area contributed by atoms with E-state index in [0.29, 0.717) is 17.9 Å². The van der Waals surface area contributed by atoms with Crippen LogP contribution in [-0.2, 0) is 4.79 Å². The number of rotatable bonds is 3. The highest BCUT2D eigenvalue weighted by Gasteiger charge is 2.50. The van der Waals surface area contributed by atoms with Gasteiger partial charge in [0.1, 0.15) is 0 Å². The van der Waals surface area contributed by atoms with Gasteiger partial charge < -0.3 is 15.5 Å². The summed E-state index contributed by atoms with van der Waals surface area (Å²) in [4.78, 5) is 15.5. The first-order valence-corrected chi connectivity index (χ1v) is 9.60. The van der Waals surface area contributed by atoms with Gasteiger partial charge in [-0.25, -0.2) is 0 Å². The van der Waals surface area contributed by atoms with Gasteiger partial charge in [-0.15, -0.1) is 24.8 Å². The second-order valence-corrected chi connectivity index (χ2v) is 7.80. The lowest BCUT2D eigenvalue weighted by molar-refractivity contribution is -0.134. The normalized spacial score (nSPS) is 28.5. The van der Waals surface area contributed by atoms with Crippen LogP contribution in [0.3, 0.4) is 0 Å². The van der Waals surface area contributed by atoms with E-state index in [9.17, 15) is 4.79 Å². The molecule has 4 rings (SSSR count). The van der Waals surface area contributed by atoms with Gasteiger partial charge in [0.25, 0.3) is 0 Å². The molecule has 3 aliphatic rings. The highest BCUT2D eigenvalue weighted by molar-refractivity contribution is 5.85. The second-order valence-electron chi connectivity index (χ2n) is 7.80. The van der Waals surface area contributed by atoms with Crippen molar-refractivity contribution in [3.05, 3.63) is 30.3 Å². The maximum Gasteiger partial charge on any atom is 0.228 e. The van der Waals surface area contributed by atoms with E-state index < -0.39 is 0 Å². The van der Waals surface area contributed by atoms with Gasteiger partial charge in [-0.2, -0.15) is 0 Å². The van der Waals surface area contributed by atoms with Crippen LogP contribution >= 0.6 is 24.8 Å². The Morgan fingerprint density at radius 3 is 2.54 bits per heavy atom.